The van der Waals surface area contributed by atoms with Gasteiger partial charge in [-0.15, -0.1) is 0 Å². The van der Waals surface area contributed by atoms with Crippen LogP contribution in [0.1, 0.15) is 37.1 Å². The molecular formula is C17H22N2O. The number of fused-ring (bicyclic) bond motifs is 1. The Morgan fingerprint density at radius 1 is 1.20 bits per heavy atom. The number of aryl methyl sites for hydroxylation is 3. The molecule has 2 aromatic rings. The number of hydrogen-bond acceptors (Lipinski definition) is 2. The summed E-state index contributed by atoms with van der Waals surface area (Å²) in [6.45, 7) is 10.2. The Bertz CT molecular complexity index is 660. The van der Waals surface area contributed by atoms with Crippen molar-refractivity contribution in [1.82, 2.24) is 4.98 Å². The first-order valence-electron chi connectivity index (χ1n) is 7.05. The van der Waals surface area contributed by atoms with Crippen molar-refractivity contribution in [2.75, 3.05) is 5.32 Å². The number of nitrogens with one attached hydrogen (secondary N) is 1. The van der Waals surface area contributed by atoms with E-state index < -0.39 is 0 Å². The summed E-state index contributed by atoms with van der Waals surface area (Å²) in [7, 11) is 0. The summed E-state index contributed by atoms with van der Waals surface area (Å²) >= 11 is 0. The molecule has 0 bridgehead atoms. The fraction of sp³-hybridized carbons (Fsp3) is 0.412. The van der Waals surface area contributed by atoms with Crippen molar-refractivity contribution in [3.63, 3.8) is 0 Å². The van der Waals surface area contributed by atoms with Crippen molar-refractivity contribution in [2.24, 2.45) is 5.92 Å². The number of amides is 1. The number of anilines is 1. The minimum atomic E-state index is 0.0612. The van der Waals surface area contributed by atoms with E-state index in [0.717, 1.165) is 27.8 Å². The van der Waals surface area contributed by atoms with Gasteiger partial charge in [0.25, 0.3) is 0 Å². The molecule has 0 saturated carbocycles. The van der Waals surface area contributed by atoms with Crippen molar-refractivity contribution >= 4 is 22.5 Å². The molecule has 0 aliphatic rings. The van der Waals surface area contributed by atoms with Crippen LogP contribution in [0.3, 0.4) is 0 Å². The van der Waals surface area contributed by atoms with E-state index in [-0.39, 0.29) is 5.91 Å². The molecule has 3 nitrogen and oxygen atoms in total. The fourth-order valence-corrected chi connectivity index (χ4v) is 2.48. The average molecular weight is 270 g/mol. The van der Waals surface area contributed by atoms with Gasteiger partial charge in [-0.1, -0.05) is 25.5 Å². The number of carbonyl (C=O) groups is 1. The van der Waals surface area contributed by atoms with E-state index in [0.29, 0.717) is 12.3 Å². The molecule has 0 spiro atoms. The first-order chi connectivity index (χ1) is 9.36. The van der Waals surface area contributed by atoms with Crippen molar-refractivity contribution in [3.05, 3.63) is 35.0 Å². The molecule has 1 aromatic heterocycles. The van der Waals surface area contributed by atoms with Crippen LogP contribution >= 0.6 is 0 Å². The summed E-state index contributed by atoms with van der Waals surface area (Å²) in [4.78, 5) is 16.6. The second-order valence-corrected chi connectivity index (χ2v) is 5.94. The normalized spacial score (nSPS) is 11.1. The van der Waals surface area contributed by atoms with E-state index >= 15 is 0 Å². The molecule has 2 rings (SSSR count). The molecule has 1 heterocycles. The number of benzene rings is 1. The van der Waals surface area contributed by atoms with E-state index in [9.17, 15) is 4.79 Å². The van der Waals surface area contributed by atoms with Crippen molar-refractivity contribution in [2.45, 2.75) is 41.0 Å². The standard InChI is InChI=1S/C17H22N2O/c1-10(2)6-16(20)19-15-9-13(5)18-17-12(4)7-11(3)8-14(15)17/h7-10H,6H2,1-5H3,(H,18,19,20). The van der Waals surface area contributed by atoms with Crippen LogP contribution in [0, 0.1) is 26.7 Å². The first-order valence-corrected chi connectivity index (χ1v) is 7.05. The van der Waals surface area contributed by atoms with E-state index in [4.69, 9.17) is 0 Å². The molecule has 20 heavy (non-hydrogen) atoms. The van der Waals surface area contributed by atoms with Crippen LogP contribution in [0.25, 0.3) is 10.9 Å². The Labute approximate surface area is 120 Å². The zero-order valence-electron chi connectivity index (χ0n) is 12.9. The predicted molar refractivity (Wildman–Crippen MR) is 84.0 cm³/mol. The highest BCUT2D eigenvalue weighted by Gasteiger charge is 2.11. The van der Waals surface area contributed by atoms with Gasteiger partial charge in [0.2, 0.25) is 5.91 Å². The zero-order chi connectivity index (χ0) is 14.9. The SMILES string of the molecule is Cc1cc(C)c2nc(C)cc(NC(=O)CC(C)C)c2c1. The molecule has 3 heteroatoms. The smallest absolute Gasteiger partial charge is 0.224 e. The summed E-state index contributed by atoms with van der Waals surface area (Å²) < 4.78 is 0. The Morgan fingerprint density at radius 2 is 1.90 bits per heavy atom. The molecule has 0 saturated heterocycles. The molecule has 0 atom stereocenters. The Balaban J connectivity index is 2.49. The van der Waals surface area contributed by atoms with Gasteiger partial charge in [0.05, 0.1) is 11.2 Å². The molecule has 0 radical (unpaired) electrons. The zero-order valence-corrected chi connectivity index (χ0v) is 12.9. The van der Waals surface area contributed by atoms with Gasteiger partial charge in [0.15, 0.2) is 0 Å². The third kappa shape index (κ3) is 3.16. The predicted octanol–water partition coefficient (Wildman–Crippen LogP) is 4.14. The topological polar surface area (TPSA) is 42.0 Å². The molecule has 1 N–H and O–H groups in total. The first kappa shape index (κ1) is 14.5. The maximum atomic E-state index is 12.0. The fourth-order valence-electron chi connectivity index (χ4n) is 2.48. The van der Waals surface area contributed by atoms with Crippen LogP contribution in [0.15, 0.2) is 18.2 Å². The highest BCUT2D eigenvalue weighted by Crippen LogP contribution is 2.27. The second kappa shape index (κ2) is 5.61. The van der Waals surface area contributed by atoms with E-state index in [1.54, 1.807) is 0 Å². The minimum Gasteiger partial charge on any atom is -0.325 e. The lowest BCUT2D eigenvalue weighted by atomic mass is 10.0. The van der Waals surface area contributed by atoms with Gasteiger partial charge in [0.1, 0.15) is 0 Å². The number of aromatic nitrogens is 1. The number of pyridine rings is 1. The van der Waals surface area contributed by atoms with Crippen LogP contribution in [-0.2, 0) is 4.79 Å². The number of nitrogens with zero attached hydrogens (tertiary/aromatic N) is 1. The lowest BCUT2D eigenvalue weighted by Gasteiger charge is -2.13. The number of hydrogen-bond donors (Lipinski definition) is 1. The lowest BCUT2D eigenvalue weighted by molar-refractivity contribution is -0.116. The third-order valence-corrected chi connectivity index (χ3v) is 3.24. The maximum absolute atomic E-state index is 12.0. The van der Waals surface area contributed by atoms with Crippen molar-refractivity contribution in [3.8, 4) is 0 Å². The summed E-state index contributed by atoms with van der Waals surface area (Å²) in [6.07, 6.45) is 0.535. The molecule has 106 valence electrons. The summed E-state index contributed by atoms with van der Waals surface area (Å²) in [5, 5.41) is 4.05. The van der Waals surface area contributed by atoms with Crippen LogP contribution in [0.5, 0.6) is 0 Å². The van der Waals surface area contributed by atoms with Gasteiger partial charge in [-0.2, -0.15) is 0 Å². The number of carbonyl (C=O) groups excluding carboxylic acids is 1. The van der Waals surface area contributed by atoms with Crippen molar-refractivity contribution in [1.29, 1.82) is 0 Å². The van der Waals surface area contributed by atoms with Gasteiger partial charge in [-0.05, 0) is 44.4 Å². The molecule has 1 amide bonds. The van der Waals surface area contributed by atoms with Crippen LogP contribution in [0.4, 0.5) is 5.69 Å². The Morgan fingerprint density at radius 3 is 2.55 bits per heavy atom. The molecule has 1 aromatic carbocycles. The van der Waals surface area contributed by atoms with Crippen LogP contribution < -0.4 is 5.32 Å². The van der Waals surface area contributed by atoms with Crippen LogP contribution in [0.2, 0.25) is 0 Å². The third-order valence-electron chi connectivity index (χ3n) is 3.24. The number of rotatable bonds is 3. The highest BCUT2D eigenvalue weighted by molar-refractivity contribution is 6.02. The van der Waals surface area contributed by atoms with Gasteiger partial charge in [-0.25, -0.2) is 0 Å². The summed E-state index contributed by atoms with van der Waals surface area (Å²) in [6, 6.07) is 6.15. The second-order valence-electron chi connectivity index (χ2n) is 5.94. The van der Waals surface area contributed by atoms with Gasteiger partial charge in [0, 0.05) is 17.5 Å². The molecule has 0 unspecified atom stereocenters. The van der Waals surface area contributed by atoms with E-state index in [1.807, 2.05) is 26.8 Å². The molecule has 0 aliphatic carbocycles. The Kier molecular flexibility index (Phi) is 4.07. The summed E-state index contributed by atoms with van der Waals surface area (Å²) in [5.41, 5.74) is 5.08. The molecule has 0 aliphatic heterocycles. The summed E-state index contributed by atoms with van der Waals surface area (Å²) in [5.74, 6) is 0.415. The van der Waals surface area contributed by atoms with Crippen molar-refractivity contribution < 1.29 is 4.79 Å². The maximum Gasteiger partial charge on any atom is 0.224 e. The molecule has 0 fully saturated rings. The largest absolute Gasteiger partial charge is 0.325 e. The minimum absolute atomic E-state index is 0.0612. The van der Waals surface area contributed by atoms with Gasteiger partial charge < -0.3 is 5.32 Å². The Hall–Kier alpha value is -1.90. The quantitative estimate of drug-likeness (QED) is 0.910. The average Bonchev–Trinajstić information content (AvgIpc) is 2.29. The molecular weight excluding hydrogens is 248 g/mol. The lowest BCUT2D eigenvalue weighted by Crippen LogP contribution is -2.14. The van der Waals surface area contributed by atoms with Crippen LogP contribution in [-0.4, -0.2) is 10.9 Å². The van der Waals surface area contributed by atoms with E-state index in [2.05, 4.69) is 36.3 Å². The monoisotopic (exact) mass is 270 g/mol. The highest BCUT2D eigenvalue weighted by atomic mass is 16.1. The van der Waals surface area contributed by atoms with E-state index in [1.165, 1.54) is 5.56 Å². The van der Waals surface area contributed by atoms with Gasteiger partial charge in [-0.3, -0.25) is 9.78 Å². The van der Waals surface area contributed by atoms with Gasteiger partial charge >= 0.3 is 0 Å².